The molecule has 0 spiro atoms. The Morgan fingerprint density at radius 3 is 2.71 bits per heavy atom. The Hall–Kier alpha value is -2.58. The summed E-state index contributed by atoms with van der Waals surface area (Å²) in [6.45, 7) is 0. The van der Waals surface area contributed by atoms with Gasteiger partial charge in [-0.15, -0.1) is 11.3 Å². The van der Waals surface area contributed by atoms with Crippen molar-refractivity contribution < 1.29 is 4.79 Å². The molecule has 5 heteroatoms. The Balaban J connectivity index is 1.98. The van der Waals surface area contributed by atoms with Gasteiger partial charge in [-0.1, -0.05) is 24.3 Å². The van der Waals surface area contributed by atoms with Gasteiger partial charge in [0.15, 0.2) is 0 Å². The number of amides is 1. The summed E-state index contributed by atoms with van der Waals surface area (Å²) in [7, 11) is 0. The van der Waals surface area contributed by atoms with Crippen LogP contribution in [0.1, 0.15) is 17.2 Å². The number of rotatable bonds is 3. The van der Waals surface area contributed by atoms with E-state index < -0.39 is 0 Å². The van der Waals surface area contributed by atoms with Crippen LogP contribution in [0, 0.1) is 11.3 Å². The summed E-state index contributed by atoms with van der Waals surface area (Å²) < 4.78 is 0. The molecule has 0 bridgehead atoms. The van der Waals surface area contributed by atoms with Crippen molar-refractivity contribution in [3.05, 3.63) is 64.1 Å². The van der Waals surface area contributed by atoms with Gasteiger partial charge in [0.25, 0.3) is 0 Å². The summed E-state index contributed by atoms with van der Waals surface area (Å²) in [6, 6.07) is 15.6. The SMILES string of the molecule is N#CC1=C(Nc2ccccc2)NC(=O)CC1c1cccs1. The van der Waals surface area contributed by atoms with Gasteiger partial charge in [-0.25, -0.2) is 0 Å². The molecular formula is C16H13N3OS. The molecule has 1 atom stereocenters. The zero-order valence-corrected chi connectivity index (χ0v) is 12.0. The summed E-state index contributed by atoms with van der Waals surface area (Å²) in [5.41, 5.74) is 1.41. The zero-order valence-electron chi connectivity index (χ0n) is 11.2. The number of hydrogen-bond acceptors (Lipinski definition) is 4. The Labute approximate surface area is 126 Å². The van der Waals surface area contributed by atoms with Gasteiger partial charge in [-0.3, -0.25) is 4.79 Å². The van der Waals surface area contributed by atoms with E-state index in [4.69, 9.17) is 0 Å². The molecule has 0 saturated heterocycles. The lowest BCUT2D eigenvalue weighted by molar-refractivity contribution is -0.121. The normalized spacial score (nSPS) is 18.0. The van der Waals surface area contributed by atoms with Gasteiger partial charge in [0.2, 0.25) is 5.91 Å². The molecule has 1 unspecified atom stereocenters. The first-order valence-corrected chi connectivity index (χ1v) is 7.45. The maximum atomic E-state index is 11.9. The molecule has 0 radical (unpaired) electrons. The Morgan fingerprint density at radius 2 is 2.05 bits per heavy atom. The fourth-order valence-corrected chi connectivity index (χ4v) is 3.19. The number of thiophene rings is 1. The number of para-hydroxylation sites is 1. The number of allylic oxidation sites excluding steroid dienone is 1. The number of benzene rings is 1. The monoisotopic (exact) mass is 295 g/mol. The van der Waals surface area contributed by atoms with Crippen molar-refractivity contribution in [1.82, 2.24) is 5.32 Å². The van der Waals surface area contributed by atoms with Gasteiger partial charge in [0.05, 0.1) is 11.6 Å². The fraction of sp³-hybridized carbons (Fsp3) is 0.125. The molecule has 104 valence electrons. The van der Waals surface area contributed by atoms with Crippen LogP contribution in [-0.2, 0) is 4.79 Å². The summed E-state index contributed by atoms with van der Waals surface area (Å²) >= 11 is 1.57. The Bertz CT molecular complexity index is 714. The van der Waals surface area contributed by atoms with E-state index >= 15 is 0 Å². The van der Waals surface area contributed by atoms with Crippen LogP contribution in [0.4, 0.5) is 5.69 Å². The molecule has 1 aromatic carbocycles. The molecule has 0 saturated carbocycles. The van der Waals surface area contributed by atoms with E-state index in [1.54, 1.807) is 11.3 Å². The molecule has 21 heavy (non-hydrogen) atoms. The number of hydrogen-bond donors (Lipinski definition) is 2. The molecule has 0 fully saturated rings. The minimum absolute atomic E-state index is 0.0779. The smallest absolute Gasteiger partial charge is 0.226 e. The molecular weight excluding hydrogens is 282 g/mol. The third-order valence-electron chi connectivity index (χ3n) is 3.32. The third kappa shape index (κ3) is 2.81. The second-order valence-electron chi connectivity index (χ2n) is 4.71. The Kier molecular flexibility index (Phi) is 3.71. The number of nitriles is 1. The maximum Gasteiger partial charge on any atom is 0.226 e. The van der Waals surface area contributed by atoms with Crippen molar-refractivity contribution in [2.75, 3.05) is 5.32 Å². The number of carbonyl (C=O) groups is 1. The van der Waals surface area contributed by atoms with Crippen LogP contribution in [0.2, 0.25) is 0 Å². The van der Waals surface area contributed by atoms with E-state index in [0.29, 0.717) is 17.8 Å². The van der Waals surface area contributed by atoms with Gasteiger partial charge >= 0.3 is 0 Å². The second-order valence-corrected chi connectivity index (χ2v) is 5.69. The topological polar surface area (TPSA) is 64.9 Å². The van der Waals surface area contributed by atoms with Gasteiger partial charge in [0.1, 0.15) is 5.82 Å². The second kappa shape index (κ2) is 5.81. The van der Waals surface area contributed by atoms with Gasteiger partial charge in [0, 0.05) is 22.9 Å². The van der Waals surface area contributed by atoms with Crippen LogP contribution >= 0.6 is 11.3 Å². The standard InChI is InChI=1S/C16H13N3OS/c17-10-13-12(14-7-4-8-21-14)9-15(20)19-16(13)18-11-5-2-1-3-6-11/h1-8,12,18H,9H2,(H,19,20). The highest BCUT2D eigenvalue weighted by atomic mass is 32.1. The average molecular weight is 295 g/mol. The van der Waals surface area contributed by atoms with Crippen molar-refractivity contribution in [3.8, 4) is 6.07 Å². The van der Waals surface area contributed by atoms with Crippen molar-refractivity contribution in [2.45, 2.75) is 12.3 Å². The molecule has 1 aliphatic rings. The van der Waals surface area contributed by atoms with Crippen LogP contribution in [0.25, 0.3) is 0 Å². The molecule has 4 nitrogen and oxygen atoms in total. The van der Waals surface area contributed by atoms with Crippen molar-refractivity contribution in [1.29, 1.82) is 5.26 Å². The van der Waals surface area contributed by atoms with E-state index in [1.807, 2.05) is 47.8 Å². The number of anilines is 1. The van der Waals surface area contributed by atoms with E-state index in [9.17, 15) is 10.1 Å². The first-order valence-electron chi connectivity index (χ1n) is 6.57. The van der Waals surface area contributed by atoms with Crippen LogP contribution in [0.3, 0.4) is 0 Å². The summed E-state index contributed by atoms with van der Waals surface area (Å²) in [6.07, 6.45) is 0.309. The van der Waals surface area contributed by atoms with Crippen LogP contribution in [-0.4, -0.2) is 5.91 Å². The lowest BCUT2D eigenvalue weighted by atomic mass is 9.91. The van der Waals surface area contributed by atoms with Gasteiger partial charge in [-0.2, -0.15) is 5.26 Å². The molecule has 3 rings (SSSR count). The number of nitrogens with one attached hydrogen (secondary N) is 2. The average Bonchev–Trinajstić information content (AvgIpc) is 3.02. The maximum absolute atomic E-state index is 11.9. The van der Waals surface area contributed by atoms with Crippen molar-refractivity contribution >= 4 is 22.9 Å². The minimum Gasteiger partial charge on any atom is -0.341 e. The van der Waals surface area contributed by atoms with Gasteiger partial charge in [-0.05, 0) is 23.6 Å². The van der Waals surface area contributed by atoms with Crippen LogP contribution in [0.15, 0.2) is 59.2 Å². The first-order chi connectivity index (χ1) is 10.3. The largest absolute Gasteiger partial charge is 0.341 e. The molecule has 1 aliphatic heterocycles. The zero-order chi connectivity index (χ0) is 14.7. The first kappa shape index (κ1) is 13.4. The van der Waals surface area contributed by atoms with Crippen molar-refractivity contribution in [2.24, 2.45) is 0 Å². The predicted molar refractivity (Wildman–Crippen MR) is 82.5 cm³/mol. The number of nitrogens with zero attached hydrogens (tertiary/aromatic N) is 1. The molecule has 0 aliphatic carbocycles. The highest BCUT2D eigenvalue weighted by Crippen LogP contribution is 2.34. The van der Waals surface area contributed by atoms with Crippen LogP contribution < -0.4 is 10.6 Å². The quantitative estimate of drug-likeness (QED) is 0.914. The highest BCUT2D eigenvalue weighted by molar-refractivity contribution is 7.10. The Morgan fingerprint density at radius 1 is 1.24 bits per heavy atom. The van der Waals surface area contributed by atoms with E-state index in [1.165, 1.54) is 0 Å². The lowest BCUT2D eigenvalue weighted by Crippen LogP contribution is -2.35. The number of carbonyl (C=O) groups excluding carboxylic acids is 1. The van der Waals surface area contributed by atoms with E-state index in [0.717, 1.165) is 10.6 Å². The predicted octanol–water partition coefficient (Wildman–Crippen LogP) is 3.20. The van der Waals surface area contributed by atoms with Crippen LogP contribution in [0.5, 0.6) is 0 Å². The molecule has 1 aromatic heterocycles. The highest BCUT2D eigenvalue weighted by Gasteiger charge is 2.30. The summed E-state index contributed by atoms with van der Waals surface area (Å²) in [5, 5.41) is 17.4. The third-order valence-corrected chi connectivity index (χ3v) is 4.31. The minimum atomic E-state index is -0.171. The van der Waals surface area contributed by atoms with E-state index in [2.05, 4.69) is 16.7 Å². The molecule has 1 amide bonds. The van der Waals surface area contributed by atoms with E-state index in [-0.39, 0.29) is 11.8 Å². The summed E-state index contributed by atoms with van der Waals surface area (Å²) in [4.78, 5) is 13.0. The molecule has 2 N–H and O–H groups in total. The van der Waals surface area contributed by atoms with Crippen molar-refractivity contribution in [3.63, 3.8) is 0 Å². The molecule has 2 aromatic rings. The molecule has 2 heterocycles. The lowest BCUT2D eigenvalue weighted by Gasteiger charge is -2.25. The fourth-order valence-electron chi connectivity index (χ4n) is 2.35. The summed E-state index contributed by atoms with van der Waals surface area (Å²) in [5.74, 6) is 0.235. The van der Waals surface area contributed by atoms with Gasteiger partial charge < -0.3 is 10.6 Å².